The maximum atomic E-state index is 13.9. The SMILES string of the molecule is CC.NC(CC(=O)N1Cc2ccccc2C[C@H]1C(=O)Nc1nn[nH]n1)Cc1ccccc1F. The summed E-state index contributed by atoms with van der Waals surface area (Å²) >= 11 is 0. The van der Waals surface area contributed by atoms with Crippen LogP contribution >= 0.6 is 0 Å². The molecule has 2 heterocycles. The average molecular weight is 454 g/mol. The highest BCUT2D eigenvalue weighted by Gasteiger charge is 2.35. The van der Waals surface area contributed by atoms with Crippen molar-refractivity contribution in [3.05, 3.63) is 71.0 Å². The summed E-state index contributed by atoms with van der Waals surface area (Å²) < 4.78 is 13.9. The van der Waals surface area contributed by atoms with Gasteiger partial charge in [-0.3, -0.25) is 14.9 Å². The number of rotatable bonds is 6. The van der Waals surface area contributed by atoms with Crippen LogP contribution in [0, 0.1) is 5.82 Å². The molecule has 1 unspecified atom stereocenters. The van der Waals surface area contributed by atoms with Crippen molar-refractivity contribution in [3.8, 4) is 0 Å². The fourth-order valence-electron chi connectivity index (χ4n) is 3.79. The lowest BCUT2D eigenvalue weighted by atomic mass is 9.92. The first-order chi connectivity index (χ1) is 16.0. The van der Waals surface area contributed by atoms with Crippen LogP contribution in [0.15, 0.2) is 48.5 Å². The minimum atomic E-state index is -0.749. The zero-order chi connectivity index (χ0) is 23.8. The van der Waals surface area contributed by atoms with Gasteiger partial charge in [-0.25, -0.2) is 4.39 Å². The Morgan fingerprint density at radius 3 is 2.58 bits per heavy atom. The van der Waals surface area contributed by atoms with Crippen molar-refractivity contribution in [2.45, 2.75) is 51.7 Å². The molecular formula is C23H28FN7O2. The highest BCUT2D eigenvalue weighted by Crippen LogP contribution is 2.25. The highest BCUT2D eigenvalue weighted by atomic mass is 19.1. The lowest BCUT2D eigenvalue weighted by molar-refractivity contribution is -0.140. The first kappa shape index (κ1) is 24.0. The molecule has 174 valence electrons. The minimum Gasteiger partial charge on any atom is -0.327 e. The number of aromatic amines is 1. The number of aromatic nitrogens is 4. The van der Waals surface area contributed by atoms with E-state index in [4.69, 9.17) is 5.73 Å². The third-order valence-corrected chi connectivity index (χ3v) is 5.33. The average Bonchev–Trinajstić information content (AvgIpc) is 3.34. The van der Waals surface area contributed by atoms with Crippen molar-refractivity contribution in [2.75, 3.05) is 5.32 Å². The summed E-state index contributed by atoms with van der Waals surface area (Å²) in [7, 11) is 0. The van der Waals surface area contributed by atoms with E-state index in [1.165, 1.54) is 11.0 Å². The van der Waals surface area contributed by atoms with Gasteiger partial charge in [0.15, 0.2) is 0 Å². The van der Waals surface area contributed by atoms with Crippen LogP contribution in [0.25, 0.3) is 0 Å². The molecule has 0 fully saturated rings. The molecule has 1 aliphatic heterocycles. The Labute approximate surface area is 191 Å². The predicted molar refractivity (Wildman–Crippen MR) is 121 cm³/mol. The molecule has 0 bridgehead atoms. The molecule has 2 amide bonds. The molecule has 4 N–H and O–H groups in total. The standard InChI is InChI=1S/C21H22FN7O2.C2H6/c22-17-8-4-3-6-14(17)9-16(23)11-19(30)29-12-15-7-2-1-5-13(15)10-18(29)20(31)24-21-25-27-28-26-21;1-2/h1-8,16,18H,9-12,23H2,(H2,24,25,26,27,28,31);1-2H3/t16?,18-;/m0./s1. The zero-order valence-corrected chi connectivity index (χ0v) is 18.7. The normalized spacial score (nSPS) is 15.6. The number of amides is 2. The van der Waals surface area contributed by atoms with Crippen LogP contribution in [0.5, 0.6) is 0 Å². The summed E-state index contributed by atoms with van der Waals surface area (Å²) in [6, 6.07) is 12.7. The van der Waals surface area contributed by atoms with Crippen LogP contribution in [-0.2, 0) is 29.0 Å². The number of hydrogen-bond donors (Lipinski definition) is 3. The Hall–Kier alpha value is -3.66. The second-order valence-corrected chi connectivity index (χ2v) is 7.49. The Bertz CT molecular complexity index is 1070. The van der Waals surface area contributed by atoms with Crippen LogP contribution < -0.4 is 11.1 Å². The largest absolute Gasteiger partial charge is 0.327 e. The molecule has 9 nitrogen and oxygen atoms in total. The van der Waals surface area contributed by atoms with Gasteiger partial charge in [0.05, 0.1) is 0 Å². The summed E-state index contributed by atoms with van der Waals surface area (Å²) in [5.41, 5.74) is 8.59. The zero-order valence-electron chi connectivity index (χ0n) is 18.7. The maximum Gasteiger partial charge on any atom is 0.269 e. The Balaban J connectivity index is 0.00000149. The number of tetrazole rings is 1. The van der Waals surface area contributed by atoms with E-state index < -0.39 is 18.0 Å². The van der Waals surface area contributed by atoms with Crippen LogP contribution in [0.3, 0.4) is 0 Å². The molecule has 4 rings (SSSR count). The van der Waals surface area contributed by atoms with Gasteiger partial charge in [0.2, 0.25) is 11.8 Å². The van der Waals surface area contributed by atoms with E-state index in [0.29, 0.717) is 12.0 Å². The van der Waals surface area contributed by atoms with Crippen LogP contribution in [-0.4, -0.2) is 49.4 Å². The Kier molecular flexibility index (Phi) is 8.20. The summed E-state index contributed by atoms with van der Waals surface area (Å²) in [6.07, 6.45) is 0.569. The molecule has 1 aliphatic rings. The van der Waals surface area contributed by atoms with E-state index in [2.05, 4.69) is 25.9 Å². The molecule has 0 spiro atoms. The minimum absolute atomic E-state index is 0.0114. The Morgan fingerprint density at radius 1 is 1.18 bits per heavy atom. The molecule has 33 heavy (non-hydrogen) atoms. The van der Waals surface area contributed by atoms with Crippen molar-refractivity contribution >= 4 is 17.8 Å². The van der Waals surface area contributed by atoms with E-state index in [1.807, 2.05) is 38.1 Å². The quantitative estimate of drug-likeness (QED) is 0.525. The molecule has 10 heteroatoms. The second-order valence-electron chi connectivity index (χ2n) is 7.49. The van der Waals surface area contributed by atoms with Crippen molar-refractivity contribution in [1.29, 1.82) is 0 Å². The molecule has 1 aromatic heterocycles. The van der Waals surface area contributed by atoms with E-state index in [0.717, 1.165) is 11.1 Å². The third kappa shape index (κ3) is 5.98. The number of carbonyl (C=O) groups excluding carboxylic acids is 2. The van der Waals surface area contributed by atoms with E-state index >= 15 is 0 Å². The van der Waals surface area contributed by atoms with E-state index in [-0.39, 0.29) is 37.1 Å². The van der Waals surface area contributed by atoms with E-state index in [1.54, 1.807) is 18.2 Å². The van der Waals surface area contributed by atoms with Gasteiger partial charge in [0.1, 0.15) is 11.9 Å². The van der Waals surface area contributed by atoms with Crippen molar-refractivity contribution in [2.24, 2.45) is 5.73 Å². The monoisotopic (exact) mass is 453 g/mol. The number of fused-ring (bicyclic) bond motifs is 1. The summed E-state index contributed by atoms with van der Waals surface area (Å²) in [6.45, 7) is 4.28. The highest BCUT2D eigenvalue weighted by molar-refractivity contribution is 5.96. The van der Waals surface area contributed by atoms with Crippen LogP contribution in [0.2, 0.25) is 0 Å². The first-order valence-corrected chi connectivity index (χ1v) is 10.9. The third-order valence-electron chi connectivity index (χ3n) is 5.33. The first-order valence-electron chi connectivity index (χ1n) is 10.9. The number of benzene rings is 2. The lowest BCUT2D eigenvalue weighted by Gasteiger charge is -2.36. The molecule has 0 radical (unpaired) electrons. The molecule has 3 aromatic rings. The van der Waals surface area contributed by atoms with Gasteiger partial charge in [-0.1, -0.05) is 61.4 Å². The fourth-order valence-corrected chi connectivity index (χ4v) is 3.79. The lowest BCUT2D eigenvalue weighted by Crippen LogP contribution is -2.51. The number of hydrogen-bond acceptors (Lipinski definition) is 6. The topological polar surface area (TPSA) is 130 Å². The van der Waals surface area contributed by atoms with Crippen molar-refractivity contribution < 1.29 is 14.0 Å². The summed E-state index contributed by atoms with van der Waals surface area (Å²) in [5, 5.41) is 15.7. The smallest absolute Gasteiger partial charge is 0.269 e. The van der Waals surface area contributed by atoms with Gasteiger partial charge in [0.25, 0.3) is 5.95 Å². The van der Waals surface area contributed by atoms with Gasteiger partial charge in [0, 0.05) is 25.4 Å². The Morgan fingerprint density at radius 2 is 1.88 bits per heavy atom. The number of H-pyrrole nitrogens is 1. The molecule has 0 saturated heterocycles. The number of carbonyl (C=O) groups is 2. The second kappa shape index (κ2) is 11.3. The van der Waals surface area contributed by atoms with Gasteiger partial charge < -0.3 is 10.6 Å². The van der Waals surface area contributed by atoms with Gasteiger partial charge in [-0.2, -0.15) is 5.21 Å². The van der Waals surface area contributed by atoms with Crippen molar-refractivity contribution in [3.63, 3.8) is 0 Å². The number of nitrogens with zero attached hydrogens (tertiary/aromatic N) is 4. The van der Waals surface area contributed by atoms with Gasteiger partial charge in [-0.15, -0.1) is 5.10 Å². The van der Waals surface area contributed by atoms with Crippen molar-refractivity contribution in [1.82, 2.24) is 25.5 Å². The van der Waals surface area contributed by atoms with Crippen LogP contribution in [0.4, 0.5) is 10.3 Å². The molecule has 0 saturated carbocycles. The predicted octanol–water partition coefficient (Wildman–Crippen LogP) is 2.22. The van der Waals surface area contributed by atoms with Gasteiger partial charge >= 0.3 is 0 Å². The number of halogens is 1. The van der Waals surface area contributed by atoms with Gasteiger partial charge in [-0.05, 0) is 34.4 Å². The molecule has 2 aromatic carbocycles. The van der Waals surface area contributed by atoms with Crippen LogP contribution in [0.1, 0.15) is 37.0 Å². The number of anilines is 1. The molecule has 0 aliphatic carbocycles. The summed E-state index contributed by atoms with van der Waals surface area (Å²) in [4.78, 5) is 27.6. The molecular weight excluding hydrogens is 425 g/mol. The van der Waals surface area contributed by atoms with E-state index in [9.17, 15) is 14.0 Å². The number of nitrogens with two attached hydrogens (primary N) is 1. The fraction of sp³-hybridized carbons (Fsp3) is 0.348. The summed E-state index contributed by atoms with van der Waals surface area (Å²) in [5.74, 6) is -0.999. The molecule has 2 atom stereocenters. The number of nitrogens with one attached hydrogen (secondary N) is 2. The maximum absolute atomic E-state index is 13.9.